The van der Waals surface area contributed by atoms with Gasteiger partial charge in [-0.15, -0.1) is 0 Å². The third-order valence-corrected chi connectivity index (χ3v) is 5.15. The molecule has 7 heteroatoms. The number of benzene rings is 2. The molecule has 0 saturated heterocycles. The number of nitrogens with one attached hydrogen (secondary N) is 1. The number of amides is 1. The van der Waals surface area contributed by atoms with E-state index in [1.807, 2.05) is 32.0 Å². The average Bonchev–Trinajstić information content (AvgIpc) is 2.75. The Balaban J connectivity index is 1.79. The van der Waals surface area contributed by atoms with Gasteiger partial charge in [-0.3, -0.25) is 4.79 Å². The summed E-state index contributed by atoms with van der Waals surface area (Å²) in [5.41, 5.74) is 2.64. The molecule has 0 bridgehead atoms. The minimum absolute atomic E-state index is 0.0670. The van der Waals surface area contributed by atoms with Crippen LogP contribution in [0.1, 0.15) is 22.3 Å². The molecule has 30 heavy (non-hydrogen) atoms. The first-order valence-electron chi connectivity index (χ1n) is 9.47. The van der Waals surface area contributed by atoms with Gasteiger partial charge in [0.15, 0.2) is 11.5 Å². The molecule has 0 aliphatic heterocycles. The molecule has 1 heterocycles. The second kappa shape index (κ2) is 8.90. The third kappa shape index (κ3) is 4.10. The van der Waals surface area contributed by atoms with Crippen molar-refractivity contribution in [3.05, 3.63) is 63.0 Å². The van der Waals surface area contributed by atoms with Crippen LogP contribution in [0.2, 0.25) is 0 Å². The van der Waals surface area contributed by atoms with E-state index in [0.29, 0.717) is 34.9 Å². The van der Waals surface area contributed by atoms with Crippen LogP contribution in [0.5, 0.6) is 17.2 Å². The maximum Gasteiger partial charge on any atom is 0.340 e. The number of rotatable bonds is 7. The Morgan fingerprint density at radius 2 is 1.60 bits per heavy atom. The molecule has 2 aromatic carbocycles. The molecule has 1 amide bonds. The van der Waals surface area contributed by atoms with Gasteiger partial charge in [0.2, 0.25) is 5.91 Å². The summed E-state index contributed by atoms with van der Waals surface area (Å²) in [5, 5.41) is 3.62. The minimum Gasteiger partial charge on any atom is -0.496 e. The molecule has 158 valence electrons. The van der Waals surface area contributed by atoms with Crippen molar-refractivity contribution in [3.63, 3.8) is 0 Å². The molecule has 0 atom stereocenters. The number of hydrogen-bond donors (Lipinski definition) is 1. The zero-order chi connectivity index (χ0) is 21.8. The molecule has 0 fully saturated rings. The minimum atomic E-state index is -0.516. The van der Waals surface area contributed by atoms with Gasteiger partial charge in [0, 0.05) is 17.5 Å². The van der Waals surface area contributed by atoms with Crippen molar-refractivity contribution < 1.29 is 23.4 Å². The van der Waals surface area contributed by atoms with Gasteiger partial charge in [-0.2, -0.15) is 0 Å². The van der Waals surface area contributed by atoms with E-state index in [2.05, 4.69) is 5.32 Å². The van der Waals surface area contributed by atoms with Crippen molar-refractivity contribution >= 4 is 16.9 Å². The SMILES string of the molecule is COc1ccc(CNC(=O)Cc2c(C)c3ccc(OC)c(C)c3oc2=O)cc1OC. The fourth-order valence-electron chi connectivity index (χ4n) is 3.41. The average molecular weight is 411 g/mol. The zero-order valence-corrected chi connectivity index (χ0v) is 17.8. The first-order chi connectivity index (χ1) is 14.4. The van der Waals surface area contributed by atoms with E-state index in [9.17, 15) is 9.59 Å². The molecular formula is C23H25NO6. The van der Waals surface area contributed by atoms with Crippen LogP contribution in [0.25, 0.3) is 11.0 Å². The number of carbonyl (C=O) groups is 1. The summed E-state index contributed by atoms with van der Waals surface area (Å²) in [4.78, 5) is 25.1. The molecule has 0 radical (unpaired) electrons. The van der Waals surface area contributed by atoms with Crippen molar-refractivity contribution in [2.75, 3.05) is 21.3 Å². The fraction of sp³-hybridized carbons (Fsp3) is 0.304. The highest BCUT2D eigenvalue weighted by Gasteiger charge is 2.17. The predicted molar refractivity (Wildman–Crippen MR) is 114 cm³/mol. The van der Waals surface area contributed by atoms with Crippen LogP contribution in [-0.4, -0.2) is 27.2 Å². The van der Waals surface area contributed by atoms with Crippen LogP contribution in [-0.2, 0) is 17.8 Å². The quantitative estimate of drug-likeness (QED) is 0.601. The highest BCUT2D eigenvalue weighted by Crippen LogP contribution is 2.29. The number of ether oxygens (including phenoxy) is 3. The van der Waals surface area contributed by atoms with Crippen molar-refractivity contribution in [3.8, 4) is 17.2 Å². The first kappa shape index (κ1) is 21.2. The molecule has 3 aromatic rings. The Morgan fingerprint density at radius 3 is 2.27 bits per heavy atom. The van der Waals surface area contributed by atoms with E-state index in [0.717, 1.165) is 22.1 Å². The smallest absolute Gasteiger partial charge is 0.340 e. The standard InChI is InChI=1S/C23H25NO6/c1-13-16-7-9-18(27-3)14(2)22(16)30-23(26)17(13)11-21(25)24-12-15-6-8-19(28-4)20(10-15)29-5/h6-10H,11-12H2,1-5H3,(H,24,25). The summed E-state index contributed by atoms with van der Waals surface area (Å²) in [7, 11) is 4.68. The van der Waals surface area contributed by atoms with Crippen LogP contribution in [0.4, 0.5) is 0 Å². The Morgan fingerprint density at radius 1 is 0.933 bits per heavy atom. The summed E-state index contributed by atoms with van der Waals surface area (Å²) in [6.07, 6.45) is -0.0670. The molecule has 1 aromatic heterocycles. The Hall–Kier alpha value is -3.48. The summed E-state index contributed by atoms with van der Waals surface area (Å²) in [5.74, 6) is 1.57. The molecular weight excluding hydrogens is 386 g/mol. The highest BCUT2D eigenvalue weighted by molar-refractivity contribution is 5.87. The van der Waals surface area contributed by atoms with Gasteiger partial charge < -0.3 is 23.9 Å². The van der Waals surface area contributed by atoms with E-state index < -0.39 is 5.63 Å². The second-order valence-electron chi connectivity index (χ2n) is 6.91. The summed E-state index contributed by atoms with van der Waals surface area (Å²) in [6, 6.07) is 9.08. The van der Waals surface area contributed by atoms with Crippen molar-refractivity contribution in [1.82, 2.24) is 5.32 Å². The van der Waals surface area contributed by atoms with Crippen LogP contribution in [0, 0.1) is 13.8 Å². The maximum atomic E-state index is 12.6. The largest absolute Gasteiger partial charge is 0.496 e. The maximum absolute atomic E-state index is 12.6. The number of methoxy groups -OCH3 is 3. The summed E-state index contributed by atoms with van der Waals surface area (Å²) in [6.45, 7) is 3.95. The Bertz CT molecular complexity index is 1150. The van der Waals surface area contributed by atoms with Gasteiger partial charge in [-0.25, -0.2) is 4.79 Å². The molecule has 0 spiro atoms. The lowest BCUT2D eigenvalue weighted by Crippen LogP contribution is -2.27. The summed E-state index contributed by atoms with van der Waals surface area (Å²) < 4.78 is 21.3. The van der Waals surface area contributed by atoms with Gasteiger partial charge in [-0.1, -0.05) is 6.07 Å². The zero-order valence-electron chi connectivity index (χ0n) is 17.8. The van der Waals surface area contributed by atoms with E-state index in [1.165, 1.54) is 0 Å². The first-order valence-corrected chi connectivity index (χ1v) is 9.47. The Kier molecular flexibility index (Phi) is 6.30. The summed E-state index contributed by atoms with van der Waals surface area (Å²) >= 11 is 0. The lowest BCUT2D eigenvalue weighted by molar-refractivity contribution is -0.120. The molecule has 0 aliphatic carbocycles. The van der Waals surface area contributed by atoms with Gasteiger partial charge in [0.05, 0.1) is 33.3 Å². The molecule has 0 unspecified atom stereocenters. The van der Waals surface area contributed by atoms with Crippen LogP contribution >= 0.6 is 0 Å². The lowest BCUT2D eigenvalue weighted by atomic mass is 10.0. The number of aryl methyl sites for hydroxylation is 2. The third-order valence-electron chi connectivity index (χ3n) is 5.15. The van der Waals surface area contributed by atoms with E-state index in [4.69, 9.17) is 18.6 Å². The molecule has 1 N–H and O–H groups in total. The van der Waals surface area contributed by atoms with Crippen LogP contribution < -0.4 is 25.2 Å². The van der Waals surface area contributed by atoms with Gasteiger partial charge in [-0.05, 0) is 49.2 Å². The fourth-order valence-corrected chi connectivity index (χ4v) is 3.41. The molecule has 3 rings (SSSR count). The molecule has 0 saturated carbocycles. The van der Waals surface area contributed by atoms with E-state index in [-0.39, 0.29) is 12.3 Å². The number of fused-ring (bicyclic) bond motifs is 1. The van der Waals surface area contributed by atoms with E-state index in [1.54, 1.807) is 33.5 Å². The normalized spacial score (nSPS) is 10.7. The van der Waals surface area contributed by atoms with E-state index >= 15 is 0 Å². The number of hydrogen-bond acceptors (Lipinski definition) is 6. The Labute approximate surface area is 174 Å². The monoisotopic (exact) mass is 411 g/mol. The van der Waals surface area contributed by atoms with Gasteiger partial charge in [0.1, 0.15) is 11.3 Å². The van der Waals surface area contributed by atoms with Crippen molar-refractivity contribution in [2.45, 2.75) is 26.8 Å². The van der Waals surface area contributed by atoms with Gasteiger partial charge >= 0.3 is 5.63 Å². The van der Waals surface area contributed by atoms with Crippen LogP contribution in [0.15, 0.2) is 39.5 Å². The molecule has 7 nitrogen and oxygen atoms in total. The topological polar surface area (TPSA) is 87.0 Å². The van der Waals surface area contributed by atoms with Crippen LogP contribution in [0.3, 0.4) is 0 Å². The predicted octanol–water partition coefficient (Wildman–Crippen LogP) is 3.29. The lowest BCUT2D eigenvalue weighted by Gasteiger charge is -2.12. The van der Waals surface area contributed by atoms with Crippen molar-refractivity contribution in [2.24, 2.45) is 0 Å². The number of carbonyl (C=O) groups excluding carboxylic acids is 1. The highest BCUT2D eigenvalue weighted by atomic mass is 16.5. The van der Waals surface area contributed by atoms with Gasteiger partial charge in [0.25, 0.3) is 0 Å². The van der Waals surface area contributed by atoms with Crippen molar-refractivity contribution in [1.29, 1.82) is 0 Å². The second-order valence-corrected chi connectivity index (χ2v) is 6.91. The molecule has 0 aliphatic rings.